The number of hydrogen-bond acceptors (Lipinski definition) is 5. The van der Waals surface area contributed by atoms with Crippen molar-refractivity contribution in [2.45, 2.75) is 45.7 Å². The molecule has 1 unspecified atom stereocenters. The number of aryl methyl sites for hydroxylation is 2. The van der Waals surface area contributed by atoms with Gasteiger partial charge in [0.25, 0.3) is 5.56 Å². The summed E-state index contributed by atoms with van der Waals surface area (Å²) in [6.07, 6.45) is 1.49. The molecule has 0 saturated carbocycles. The Morgan fingerprint density at radius 2 is 1.73 bits per heavy atom. The van der Waals surface area contributed by atoms with E-state index in [9.17, 15) is 18.0 Å². The standard InChI is InChI=1S/C30H29F3N6O/c1-19-13-25-24(10-11-35-29(25)34)20(2)26(19)15-36-28(30(31,32)33)23-14-37-39(18-23)17-22-8-6-21(7-9-22)16-38-12-4-3-5-27(38)40/h3-14,18,28,36H,15-17H2,1-2H3,(H2,34,35). The quantitative estimate of drug-likeness (QED) is 0.276. The highest BCUT2D eigenvalue weighted by Gasteiger charge is 2.41. The van der Waals surface area contributed by atoms with Crippen LogP contribution >= 0.6 is 0 Å². The lowest BCUT2D eigenvalue weighted by Crippen LogP contribution is -2.34. The highest BCUT2D eigenvalue weighted by molar-refractivity contribution is 5.94. The van der Waals surface area contributed by atoms with Crippen molar-refractivity contribution in [3.05, 3.63) is 123 Å². The van der Waals surface area contributed by atoms with E-state index in [1.165, 1.54) is 23.1 Å². The van der Waals surface area contributed by atoms with E-state index in [2.05, 4.69) is 15.4 Å². The fourth-order valence-corrected chi connectivity index (χ4v) is 4.97. The SMILES string of the molecule is Cc1cc2c(N)nccc2c(C)c1CNC(c1cnn(Cc2ccc(Cn3ccccc3=O)cc2)c1)C(F)(F)F. The lowest BCUT2D eigenvalue weighted by molar-refractivity contribution is -0.158. The highest BCUT2D eigenvalue weighted by atomic mass is 19.4. The first-order valence-electron chi connectivity index (χ1n) is 12.8. The number of pyridine rings is 2. The van der Waals surface area contributed by atoms with Crippen LogP contribution in [0.5, 0.6) is 0 Å². The lowest BCUT2D eigenvalue weighted by atomic mass is 9.95. The number of nitrogen functional groups attached to an aromatic ring is 1. The molecule has 0 saturated heterocycles. The van der Waals surface area contributed by atoms with Crippen molar-refractivity contribution < 1.29 is 13.2 Å². The van der Waals surface area contributed by atoms with Gasteiger partial charge < -0.3 is 10.3 Å². The Balaban J connectivity index is 1.30. The zero-order valence-electron chi connectivity index (χ0n) is 22.1. The first-order valence-corrected chi connectivity index (χ1v) is 12.8. The third kappa shape index (κ3) is 5.76. The maximum atomic E-state index is 14.2. The summed E-state index contributed by atoms with van der Waals surface area (Å²) in [6.45, 7) is 4.52. The van der Waals surface area contributed by atoms with Crippen LogP contribution in [0.25, 0.3) is 10.8 Å². The molecule has 5 rings (SSSR count). The molecule has 7 nitrogen and oxygen atoms in total. The molecule has 0 amide bonds. The van der Waals surface area contributed by atoms with E-state index < -0.39 is 12.2 Å². The zero-order chi connectivity index (χ0) is 28.4. The van der Waals surface area contributed by atoms with Crippen LogP contribution in [0.2, 0.25) is 0 Å². The van der Waals surface area contributed by atoms with Crippen molar-refractivity contribution >= 4 is 16.6 Å². The van der Waals surface area contributed by atoms with E-state index >= 15 is 0 Å². The normalized spacial score (nSPS) is 12.6. The predicted octanol–water partition coefficient (Wildman–Crippen LogP) is 5.28. The number of nitrogens with one attached hydrogen (secondary N) is 1. The molecule has 40 heavy (non-hydrogen) atoms. The fraction of sp³-hybridized carbons (Fsp3) is 0.233. The molecule has 0 aliphatic heterocycles. The number of nitrogens with two attached hydrogens (primary N) is 1. The molecule has 0 aliphatic carbocycles. The summed E-state index contributed by atoms with van der Waals surface area (Å²) in [5.74, 6) is 0.394. The van der Waals surface area contributed by atoms with Gasteiger partial charge in [0.1, 0.15) is 11.9 Å². The minimum atomic E-state index is -4.52. The zero-order valence-corrected chi connectivity index (χ0v) is 22.1. The molecule has 0 spiro atoms. The first kappa shape index (κ1) is 27.1. The summed E-state index contributed by atoms with van der Waals surface area (Å²) < 4.78 is 45.6. The van der Waals surface area contributed by atoms with Gasteiger partial charge in [0, 0.05) is 42.2 Å². The molecule has 3 heterocycles. The van der Waals surface area contributed by atoms with E-state index in [1.807, 2.05) is 50.2 Å². The number of rotatable bonds is 8. The van der Waals surface area contributed by atoms with Crippen molar-refractivity contribution in [3.63, 3.8) is 0 Å². The fourth-order valence-electron chi connectivity index (χ4n) is 4.97. The van der Waals surface area contributed by atoms with Crippen LogP contribution in [-0.4, -0.2) is 25.5 Å². The average molecular weight is 547 g/mol. The van der Waals surface area contributed by atoms with E-state index in [4.69, 9.17) is 5.73 Å². The molecule has 10 heteroatoms. The second kappa shape index (κ2) is 11.0. The Hall–Kier alpha value is -4.44. The van der Waals surface area contributed by atoms with Crippen molar-refractivity contribution in [2.24, 2.45) is 0 Å². The average Bonchev–Trinajstić information content (AvgIpc) is 3.36. The van der Waals surface area contributed by atoms with Crippen LogP contribution < -0.4 is 16.6 Å². The predicted molar refractivity (Wildman–Crippen MR) is 149 cm³/mol. The molecular formula is C30H29F3N6O. The first-order chi connectivity index (χ1) is 19.1. The van der Waals surface area contributed by atoms with E-state index in [0.717, 1.165) is 38.6 Å². The maximum Gasteiger partial charge on any atom is 0.408 e. The Bertz CT molecular complexity index is 1710. The van der Waals surface area contributed by atoms with Crippen molar-refractivity contribution in [1.82, 2.24) is 24.6 Å². The second-order valence-corrected chi connectivity index (χ2v) is 9.90. The van der Waals surface area contributed by atoms with Crippen LogP contribution in [0.1, 0.15) is 39.4 Å². The van der Waals surface area contributed by atoms with Crippen LogP contribution in [0.4, 0.5) is 19.0 Å². The highest BCUT2D eigenvalue weighted by Crippen LogP contribution is 2.34. The van der Waals surface area contributed by atoms with Crippen molar-refractivity contribution in [3.8, 4) is 0 Å². The van der Waals surface area contributed by atoms with Crippen LogP contribution in [0.15, 0.2) is 84.2 Å². The third-order valence-corrected chi connectivity index (χ3v) is 7.13. The minimum absolute atomic E-state index is 0.0250. The summed E-state index contributed by atoms with van der Waals surface area (Å²) in [5, 5.41) is 8.57. The van der Waals surface area contributed by atoms with Crippen LogP contribution in [0, 0.1) is 13.8 Å². The van der Waals surface area contributed by atoms with Gasteiger partial charge in [-0.15, -0.1) is 0 Å². The summed E-state index contributed by atoms with van der Waals surface area (Å²) in [7, 11) is 0. The Kier molecular flexibility index (Phi) is 7.44. The maximum absolute atomic E-state index is 14.2. The largest absolute Gasteiger partial charge is 0.408 e. The smallest absolute Gasteiger partial charge is 0.383 e. The summed E-state index contributed by atoms with van der Waals surface area (Å²) in [6, 6.07) is 14.4. The molecular weight excluding hydrogens is 517 g/mol. The molecule has 0 aliphatic rings. The van der Waals surface area contributed by atoms with E-state index in [0.29, 0.717) is 18.9 Å². The van der Waals surface area contributed by atoms with Gasteiger partial charge in [-0.3, -0.25) is 14.8 Å². The number of hydrogen-bond donors (Lipinski definition) is 2. The number of fused-ring (bicyclic) bond motifs is 1. The van der Waals surface area contributed by atoms with Crippen molar-refractivity contribution in [2.75, 3.05) is 5.73 Å². The number of benzene rings is 2. The summed E-state index contributed by atoms with van der Waals surface area (Å²) >= 11 is 0. The Morgan fingerprint density at radius 1 is 1.00 bits per heavy atom. The molecule has 3 aromatic heterocycles. The van der Waals surface area contributed by atoms with Gasteiger partial charge in [-0.1, -0.05) is 30.3 Å². The van der Waals surface area contributed by atoms with E-state index in [-0.39, 0.29) is 17.7 Å². The van der Waals surface area contributed by atoms with Gasteiger partial charge in [-0.25, -0.2) is 4.98 Å². The number of anilines is 1. The summed E-state index contributed by atoms with van der Waals surface area (Å²) in [4.78, 5) is 16.1. The molecule has 5 aromatic rings. The molecule has 3 N–H and O–H groups in total. The molecule has 0 fully saturated rings. The molecule has 0 bridgehead atoms. The van der Waals surface area contributed by atoms with Crippen LogP contribution in [-0.2, 0) is 19.6 Å². The monoisotopic (exact) mass is 546 g/mol. The van der Waals surface area contributed by atoms with Crippen LogP contribution in [0.3, 0.4) is 0 Å². The van der Waals surface area contributed by atoms with Gasteiger partial charge in [0.05, 0.1) is 19.3 Å². The number of alkyl halides is 3. The molecule has 2 aromatic carbocycles. The number of nitrogens with zero attached hydrogens (tertiary/aromatic N) is 4. The Morgan fingerprint density at radius 3 is 2.42 bits per heavy atom. The minimum Gasteiger partial charge on any atom is -0.383 e. The third-order valence-electron chi connectivity index (χ3n) is 7.13. The lowest BCUT2D eigenvalue weighted by Gasteiger charge is -2.22. The molecule has 206 valence electrons. The summed E-state index contributed by atoms with van der Waals surface area (Å²) in [5.41, 5.74) is 10.3. The molecule has 1 atom stereocenters. The van der Waals surface area contributed by atoms with Gasteiger partial charge in [0.15, 0.2) is 0 Å². The number of aromatic nitrogens is 4. The molecule has 0 radical (unpaired) electrons. The van der Waals surface area contributed by atoms with Gasteiger partial charge in [-0.2, -0.15) is 18.3 Å². The topological polar surface area (TPSA) is 90.8 Å². The number of halogens is 3. The Labute approximate surface area is 229 Å². The second-order valence-electron chi connectivity index (χ2n) is 9.90. The van der Waals surface area contributed by atoms with Gasteiger partial charge >= 0.3 is 6.18 Å². The van der Waals surface area contributed by atoms with Crippen molar-refractivity contribution in [1.29, 1.82) is 0 Å². The van der Waals surface area contributed by atoms with E-state index in [1.54, 1.807) is 29.1 Å². The van der Waals surface area contributed by atoms with Gasteiger partial charge in [0.2, 0.25) is 0 Å². The van der Waals surface area contributed by atoms with Gasteiger partial charge in [-0.05, 0) is 65.3 Å².